The van der Waals surface area contributed by atoms with E-state index in [2.05, 4.69) is 6.92 Å². The largest absolute Gasteiger partial charge is 0.300 e. The van der Waals surface area contributed by atoms with E-state index >= 15 is 0 Å². The maximum absolute atomic E-state index is 11.1. The monoisotopic (exact) mass is 152 g/mol. The van der Waals surface area contributed by atoms with Crippen LogP contribution in [-0.4, -0.2) is 11.6 Å². The Bertz CT molecular complexity index is 210. The van der Waals surface area contributed by atoms with Crippen molar-refractivity contribution in [2.24, 2.45) is 11.3 Å². The second-order valence-electron chi connectivity index (χ2n) is 4.19. The highest BCUT2D eigenvalue weighted by molar-refractivity contribution is 5.89. The number of Topliss-reactive ketones (excluding diaryl/α,β-unsaturated/α-hetero) is 2. The van der Waals surface area contributed by atoms with Crippen molar-refractivity contribution >= 4 is 11.6 Å². The molecule has 2 aliphatic rings. The van der Waals surface area contributed by atoms with Crippen molar-refractivity contribution in [2.75, 3.05) is 0 Å². The standard InChI is InChI=1S/C9H12O2/c1-9-4-7(10)2-6(9)3-8(11)5-9/h6H,2-5H2,1H3. The Morgan fingerprint density at radius 3 is 2.00 bits per heavy atom. The predicted octanol–water partition coefficient (Wildman–Crippen LogP) is 1.33. The molecule has 2 heteroatoms. The van der Waals surface area contributed by atoms with Crippen LogP contribution in [0.3, 0.4) is 0 Å². The van der Waals surface area contributed by atoms with Crippen LogP contribution in [0, 0.1) is 11.3 Å². The van der Waals surface area contributed by atoms with Crippen LogP contribution in [0.2, 0.25) is 0 Å². The number of carbonyl (C=O) groups is 2. The van der Waals surface area contributed by atoms with Crippen molar-refractivity contribution in [2.45, 2.75) is 32.6 Å². The van der Waals surface area contributed by atoms with Gasteiger partial charge in [-0.3, -0.25) is 9.59 Å². The number of fused-ring (bicyclic) bond motifs is 1. The summed E-state index contributed by atoms with van der Waals surface area (Å²) in [4.78, 5) is 22.1. The summed E-state index contributed by atoms with van der Waals surface area (Å²) in [7, 11) is 0. The lowest BCUT2D eigenvalue weighted by molar-refractivity contribution is -0.120. The van der Waals surface area contributed by atoms with Crippen LogP contribution in [0.5, 0.6) is 0 Å². The quantitative estimate of drug-likeness (QED) is 0.524. The molecule has 0 amide bonds. The normalized spacial score (nSPS) is 43.2. The first-order valence-electron chi connectivity index (χ1n) is 4.13. The summed E-state index contributed by atoms with van der Waals surface area (Å²) >= 11 is 0. The molecular formula is C9H12O2. The zero-order valence-electron chi connectivity index (χ0n) is 6.72. The van der Waals surface area contributed by atoms with Gasteiger partial charge in [-0.1, -0.05) is 6.92 Å². The highest BCUT2D eigenvalue weighted by atomic mass is 16.1. The van der Waals surface area contributed by atoms with E-state index in [9.17, 15) is 9.59 Å². The van der Waals surface area contributed by atoms with Crippen molar-refractivity contribution in [3.8, 4) is 0 Å². The molecule has 0 bridgehead atoms. The molecule has 0 saturated heterocycles. The minimum atomic E-state index is 0.0498. The number of carbonyl (C=O) groups excluding carboxylic acids is 2. The van der Waals surface area contributed by atoms with E-state index in [4.69, 9.17) is 0 Å². The van der Waals surface area contributed by atoms with Gasteiger partial charge in [0, 0.05) is 25.7 Å². The smallest absolute Gasteiger partial charge is 0.133 e. The Kier molecular flexibility index (Phi) is 1.23. The highest BCUT2D eigenvalue weighted by Gasteiger charge is 2.49. The molecule has 0 atom stereocenters. The summed E-state index contributed by atoms with van der Waals surface area (Å²) in [6.07, 6.45) is 2.59. The molecule has 0 spiro atoms. The van der Waals surface area contributed by atoms with Crippen LogP contribution in [0.4, 0.5) is 0 Å². The van der Waals surface area contributed by atoms with Gasteiger partial charge in [0.1, 0.15) is 11.6 Å². The van der Waals surface area contributed by atoms with Gasteiger partial charge in [-0.2, -0.15) is 0 Å². The Morgan fingerprint density at radius 2 is 1.64 bits per heavy atom. The molecular weight excluding hydrogens is 140 g/mol. The van der Waals surface area contributed by atoms with Crippen LogP contribution >= 0.6 is 0 Å². The average molecular weight is 152 g/mol. The van der Waals surface area contributed by atoms with Crippen LogP contribution < -0.4 is 0 Å². The van der Waals surface area contributed by atoms with E-state index in [0.29, 0.717) is 43.2 Å². The first kappa shape index (κ1) is 7.01. The zero-order valence-corrected chi connectivity index (χ0v) is 6.72. The molecule has 60 valence electrons. The van der Waals surface area contributed by atoms with Gasteiger partial charge in [0.15, 0.2) is 0 Å². The predicted molar refractivity (Wildman–Crippen MR) is 40.1 cm³/mol. The van der Waals surface area contributed by atoms with Gasteiger partial charge in [-0.05, 0) is 11.3 Å². The topological polar surface area (TPSA) is 34.1 Å². The molecule has 0 radical (unpaired) electrons. The van der Waals surface area contributed by atoms with Crippen LogP contribution in [0.15, 0.2) is 0 Å². The Balaban J connectivity index is 2.25. The molecule has 2 saturated carbocycles. The molecule has 2 rings (SSSR count). The first-order chi connectivity index (χ1) is 5.10. The third kappa shape index (κ3) is 0.924. The SMILES string of the molecule is CC12CC(=O)CC1CC(=O)C2. The molecule has 0 unspecified atom stereocenters. The molecule has 0 N–H and O–H groups in total. The minimum absolute atomic E-state index is 0.0498. The fourth-order valence-electron chi connectivity index (χ4n) is 2.51. The summed E-state index contributed by atoms with van der Waals surface area (Å²) in [5.41, 5.74) is 0.0498. The fourth-order valence-corrected chi connectivity index (χ4v) is 2.51. The average Bonchev–Trinajstić information content (AvgIpc) is 2.16. The molecule has 0 aromatic heterocycles. The van der Waals surface area contributed by atoms with Crippen LogP contribution in [0.1, 0.15) is 32.6 Å². The third-order valence-electron chi connectivity index (χ3n) is 3.14. The van der Waals surface area contributed by atoms with E-state index in [-0.39, 0.29) is 5.41 Å². The summed E-state index contributed by atoms with van der Waals surface area (Å²) in [5, 5.41) is 0. The second-order valence-corrected chi connectivity index (χ2v) is 4.19. The molecule has 2 aliphatic carbocycles. The number of ketones is 2. The first-order valence-corrected chi connectivity index (χ1v) is 4.13. The van der Waals surface area contributed by atoms with Crippen LogP contribution in [0.25, 0.3) is 0 Å². The Morgan fingerprint density at radius 1 is 1.18 bits per heavy atom. The summed E-state index contributed by atoms with van der Waals surface area (Å²) in [5.74, 6) is 1.08. The third-order valence-corrected chi connectivity index (χ3v) is 3.14. The van der Waals surface area contributed by atoms with Gasteiger partial charge >= 0.3 is 0 Å². The lowest BCUT2D eigenvalue weighted by atomic mass is 9.83. The zero-order chi connectivity index (χ0) is 8.06. The van der Waals surface area contributed by atoms with Crippen molar-refractivity contribution < 1.29 is 9.59 Å². The summed E-state index contributed by atoms with van der Waals surface area (Å²) < 4.78 is 0. The second kappa shape index (κ2) is 1.93. The number of rotatable bonds is 0. The van der Waals surface area contributed by atoms with Crippen molar-refractivity contribution in [3.05, 3.63) is 0 Å². The van der Waals surface area contributed by atoms with Gasteiger partial charge in [0.05, 0.1) is 0 Å². The Hall–Kier alpha value is -0.660. The number of hydrogen-bond donors (Lipinski definition) is 0. The fraction of sp³-hybridized carbons (Fsp3) is 0.778. The lowest BCUT2D eigenvalue weighted by Gasteiger charge is -2.20. The molecule has 2 nitrogen and oxygen atoms in total. The van der Waals surface area contributed by atoms with Gasteiger partial charge in [0.25, 0.3) is 0 Å². The molecule has 11 heavy (non-hydrogen) atoms. The molecule has 0 aliphatic heterocycles. The van der Waals surface area contributed by atoms with Gasteiger partial charge in [-0.25, -0.2) is 0 Å². The molecule has 0 aromatic carbocycles. The van der Waals surface area contributed by atoms with E-state index in [1.807, 2.05) is 0 Å². The maximum atomic E-state index is 11.1. The lowest BCUT2D eigenvalue weighted by Crippen LogP contribution is -2.14. The highest BCUT2D eigenvalue weighted by Crippen LogP contribution is 2.50. The van der Waals surface area contributed by atoms with Gasteiger partial charge in [-0.15, -0.1) is 0 Å². The van der Waals surface area contributed by atoms with Crippen molar-refractivity contribution in [1.29, 1.82) is 0 Å². The maximum Gasteiger partial charge on any atom is 0.133 e. The molecule has 0 heterocycles. The van der Waals surface area contributed by atoms with E-state index in [1.54, 1.807) is 0 Å². The van der Waals surface area contributed by atoms with Gasteiger partial charge in [0.2, 0.25) is 0 Å². The van der Waals surface area contributed by atoms with Crippen molar-refractivity contribution in [3.63, 3.8) is 0 Å². The summed E-state index contributed by atoms with van der Waals surface area (Å²) in [6, 6.07) is 0. The van der Waals surface area contributed by atoms with E-state index in [0.717, 1.165) is 0 Å². The minimum Gasteiger partial charge on any atom is -0.300 e. The molecule has 0 aromatic rings. The van der Waals surface area contributed by atoms with Crippen LogP contribution in [-0.2, 0) is 9.59 Å². The Labute approximate surface area is 66.0 Å². The summed E-state index contributed by atoms with van der Waals surface area (Å²) in [6.45, 7) is 2.08. The van der Waals surface area contributed by atoms with E-state index in [1.165, 1.54) is 0 Å². The van der Waals surface area contributed by atoms with Gasteiger partial charge < -0.3 is 0 Å². The number of hydrogen-bond acceptors (Lipinski definition) is 2. The van der Waals surface area contributed by atoms with Crippen molar-refractivity contribution in [1.82, 2.24) is 0 Å². The molecule has 2 fully saturated rings. The van der Waals surface area contributed by atoms with E-state index < -0.39 is 0 Å².